The Bertz CT molecular complexity index is 968. The van der Waals surface area contributed by atoms with Crippen LogP contribution in [0, 0.1) is 5.92 Å². The van der Waals surface area contributed by atoms with Crippen LogP contribution in [0.1, 0.15) is 34.3 Å². The molecule has 2 aliphatic rings. The number of hydrogen-bond acceptors (Lipinski definition) is 4. The normalized spacial score (nSPS) is 16.5. The number of amides is 1. The zero-order valence-corrected chi connectivity index (χ0v) is 15.7. The summed E-state index contributed by atoms with van der Waals surface area (Å²) in [7, 11) is -3.74. The predicted molar refractivity (Wildman–Crippen MR) is 101 cm³/mol. The van der Waals surface area contributed by atoms with Gasteiger partial charge in [-0.1, -0.05) is 24.3 Å². The monoisotopic (exact) mass is 386 g/mol. The number of hydrogen-bond donors (Lipinski definition) is 2. The lowest BCUT2D eigenvalue weighted by molar-refractivity contribution is 0.0945. The first-order valence-electron chi connectivity index (χ1n) is 9.14. The van der Waals surface area contributed by atoms with Crippen LogP contribution in [0.15, 0.2) is 47.4 Å². The van der Waals surface area contributed by atoms with E-state index in [1.807, 2.05) is 24.3 Å². The minimum Gasteiger partial charge on any atom is -0.493 e. The van der Waals surface area contributed by atoms with Crippen molar-refractivity contribution in [3.05, 3.63) is 59.2 Å². The quantitative estimate of drug-likeness (QED) is 0.764. The van der Waals surface area contributed by atoms with E-state index in [9.17, 15) is 13.2 Å². The van der Waals surface area contributed by atoms with Gasteiger partial charge in [-0.25, -0.2) is 13.1 Å². The average molecular weight is 386 g/mol. The van der Waals surface area contributed by atoms with Crippen molar-refractivity contribution in [2.45, 2.75) is 30.7 Å². The molecule has 0 unspecified atom stereocenters. The molecule has 1 heterocycles. The molecule has 1 saturated carbocycles. The Balaban J connectivity index is 1.49. The average Bonchev–Trinajstić information content (AvgIpc) is 3.50. The number of para-hydroxylation sites is 1. The van der Waals surface area contributed by atoms with Crippen LogP contribution >= 0.6 is 0 Å². The van der Waals surface area contributed by atoms with Gasteiger partial charge in [-0.2, -0.15) is 0 Å². The maximum Gasteiger partial charge on any atom is 0.251 e. The summed E-state index contributed by atoms with van der Waals surface area (Å²) in [5.41, 5.74) is 2.09. The molecule has 1 amide bonds. The molecule has 0 saturated heterocycles. The van der Waals surface area contributed by atoms with Gasteiger partial charge in [0, 0.05) is 24.2 Å². The van der Waals surface area contributed by atoms with Gasteiger partial charge < -0.3 is 10.1 Å². The Kier molecular flexibility index (Phi) is 4.88. The highest BCUT2D eigenvalue weighted by Gasteiger charge is 2.23. The summed E-state index contributed by atoms with van der Waals surface area (Å²) in [6, 6.07) is 12.2. The first-order chi connectivity index (χ1) is 13.0. The van der Waals surface area contributed by atoms with E-state index in [4.69, 9.17) is 4.74 Å². The van der Waals surface area contributed by atoms with Gasteiger partial charge in [0.2, 0.25) is 10.0 Å². The van der Waals surface area contributed by atoms with Crippen molar-refractivity contribution in [2.75, 3.05) is 13.2 Å². The molecule has 0 aromatic heterocycles. The number of carbonyl (C=O) groups excluding carboxylic acids is 1. The minimum absolute atomic E-state index is 0.0923. The van der Waals surface area contributed by atoms with E-state index in [1.165, 1.54) is 18.9 Å². The summed E-state index contributed by atoms with van der Waals surface area (Å²) in [6.07, 6.45) is 3.10. The van der Waals surface area contributed by atoms with Crippen LogP contribution in [0.4, 0.5) is 0 Å². The number of ether oxygens (including phenoxy) is 1. The molecule has 1 aliphatic carbocycles. The van der Waals surface area contributed by atoms with Crippen molar-refractivity contribution in [3.8, 4) is 5.75 Å². The molecule has 142 valence electrons. The first kappa shape index (κ1) is 18.0. The third-order valence-electron chi connectivity index (χ3n) is 4.91. The molecule has 6 nitrogen and oxygen atoms in total. The molecular weight excluding hydrogens is 364 g/mol. The van der Waals surface area contributed by atoms with E-state index in [-0.39, 0.29) is 17.3 Å². The van der Waals surface area contributed by atoms with E-state index < -0.39 is 10.0 Å². The lowest BCUT2D eigenvalue weighted by Gasteiger charge is -2.17. The van der Waals surface area contributed by atoms with Crippen molar-refractivity contribution in [1.82, 2.24) is 10.0 Å². The molecule has 0 radical (unpaired) electrons. The molecular formula is C20H22N2O4S. The van der Waals surface area contributed by atoms with E-state index in [2.05, 4.69) is 10.0 Å². The largest absolute Gasteiger partial charge is 0.493 e. The van der Waals surface area contributed by atoms with E-state index in [0.29, 0.717) is 36.8 Å². The van der Waals surface area contributed by atoms with E-state index in [0.717, 1.165) is 11.1 Å². The Morgan fingerprint density at radius 1 is 1.15 bits per heavy atom. The second-order valence-corrected chi connectivity index (χ2v) is 8.78. The predicted octanol–water partition coefficient (Wildman–Crippen LogP) is 2.24. The van der Waals surface area contributed by atoms with Crippen LogP contribution < -0.4 is 14.8 Å². The second kappa shape index (κ2) is 7.32. The van der Waals surface area contributed by atoms with Crippen molar-refractivity contribution in [3.63, 3.8) is 0 Å². The number of rotatable bonds is 7. The van der Waals surface area contributed by atoms with Crippen molar-refractivity contribution < 1.29 is 17.9 Å². The Morgan fingerprint density at radius 3 is 2.78 bits per heavy atom. The fourth-order valence-electron chi connectivity index (χ4n) is 3.10. The molecule has 0 bridgehead atoms. The van der Waals surface area contributed by atoms with Crippen molar-refractivity contribution in [1.29, 1.82) is 0 Å². The van der Waals surface area contributed by atoms with Crippen LogP contribution in [0.5, 0.6) is 5.75 Å². The topological polar surface area (TPSA) is 84.5 Å². The number of carbonyl (C=O) groups is 1. The van der Waals surface area contributed by atoms with Crippen LogP contribution in [0.3, 0.4) is 0 Å². The zero-order chi connectivity index (χ0) is 18.9. The summed E-state index contributed by atoms with van der Waals surface area (Å²) in [4.78, 5) is 12.1. The molecule has 0 spiro atoms. The molecule has 2 aromatic carbocycles. The summed E-state index contributed by atoms with van der Waals surface area (Å²) in [6.45, 7) is 1.38. The minimum atomic E-state index is -3.74. The highest BCUT2D eigenvalue weighted by molar-refractivity contribution is 7.89. The van der Waals surface area contributed by atoms with Gasteiger partial charge >= 0.3 is 0 Å². The van der Waals surface area contributed by atoms with Gasteiger partial charge in [0.1, 0.15) is 5.75 Å². The molecule has 0 atom stereocenters. The van der Waals surface area contributed by atoms with Gasteiger partial charge in [0.25, 0.3) is 5.91 Å². The van der Waals surface area contributed by atoms with Gasteiger partial charge in [0.05, 0.1) is 11.5 Å². The summed E-state index contributed by atoms with van der Waals surface area (Å²) < 4.78 is 33.9. The van der Waals surface area contributed by atoms with Crippen LogP contribution in [0.25, 0.3) is 0 Å². The Hall–Kier alpha value is -2.38. The highest BCUT2D eigenvalue weighted by atomic mass is 32.2. The summed E-state index contributed by atoms with van der Waals surface area (Å²) in [5, 5.41) is 2.74. The molecule has 7 heteroatoms. The molecule has 2 aromatic rings. The van der Waals surface area contributed by atoms with Crippen LogP contribution in [0.2, 0.25) is 0 Å². The van der Waals surface area contributed by atoms with Crippen LogP contribution in [-0.4, -0.2) is 27.5 Å². The second-order valence-electron chi connectivity index (χ2n) is 7.01. The van der Waals surface area contributed by atoms with E-state index in [1.54, 1.807) is 12.1 Å². The maximum absolute atomic E-state index is 12.7. The maximum atomic E-state index is 12.7. The lowest BCUT2D eigenvalue weighted by atomic mass is 10.0. The molecule has 27 heavy (non-hydrogen) atoms. The number of sulfonamides is 1. The van der Waals surface area contributed by atoms with Crippen molar-refractivity contribution >= 4 is 15.9 Å². The number of fused-ring (bicyclic) bond motifs is 1. The Morgan fingerprint density at radius 2 is 1.96 bits per heavy atom. The molecule has 4 rings (SSSR count). The van der Waals surface area contributed by atoms with Gasteiger partial charge in [-0.3, -0.25) is 4.79 Å². The third kappa shape index (κ3) is 4.14. The molecule has 1 fully saturated rings. The van der Waals surface area contributed by atoms with Gasteiger partial charge in [-0.05, 0) is 48.9 Å². The van der Waals surface area contributed by atoms with Crippen molar-refractivity contribution in [2.24, 2.45) is 5.92 Å². The third-order valence-corrected chi connectivity index (χ3v) is 6.31. The number of nitrogens with one attached hydrogen (secondary N) is 2. The summed E-state index contributed by atoms with van der Waals surface area (Å²) >= 11 is 0. The lowest BCUT2D eigenvalue weighted by Crippen LogP contribution is -2.32. The molecule has 2 N–H and O–H groups in total. The highest BCUT2D eigenvalue weighted by Crippen LogP contribution is 2.30. The van der Waals surface area contributed by atoms with E-state index >= 15 is 0 Å². The Labute approximate surface area is 159 Å². The first-order valence-corrected chi connectivity index (χ1v) is 10.6. The van der Waals surface area contributed by atoms with Gasteiger partial charge in [-0.15, -0.1) is 0 Å². The zero-order valence-electron chi connectivity index (χ0n) is 14.9. The fourth-order valence-corrected chi connectivity index (χ4v) is 4.13. The van der Waals surface area contributed by atoms with Gasteiger partial charge in [0.15, 0.2) is 0 Å². The SMILES string of the molecule is O=C1NCCc2ccc(S(=O)(=O)NCc3ccccc3OCC3CC3)cc21. The standard InChI is InChI=1S/C20H22N2O4S/c23-20-18-11-17(8-7-15(18)9-10-21-20)27(24,25)22-12-16-3-1-2-4-19(16)26-13-14-5-6-14/h1-4,7-8,11,14,22H,5-6,9-10,12-13H2,(H,21,23). The van der Waals surface area contributed by atoms with Crippen LogP contribution in [-0.2, 0) is 23.0 Å². The summed E-state index contributed by atoms with van der Waals surface area (Å²) in [5.74, 6) is 1.10. The number of benzene rings is 2. The fraction of sp³-hybridized carbons (Fsp3) is 0.350. The smallest absolute Gasteiger partial charge is 0.251 e. The molecule has 1 aliphatic heterocycles.